The van der Waals surface area contributed by atoms with Gasteiger partial charge in [-0.1, -0.05) is 38.3 Å². The molecule has 3 N–H and O–H groups in total. The molecule has 2 fully saturated rings. The van der Waals surface area contributed by atoms with Crippen molar-refractivity contribution in [2.45, 2.75) is 71.3 Å². The van der Waals surface area contributed by atoms with Crippen LogP contribution in [0.3, 0.4) is 0 Å². The number of carbonyl (C=O) groups excluding carboxylic acids is 1. The van der Waals surface area contributed by atoms with E-state index in [0.29, 0.717) is 35.0 Å². The Kier molecular flexibility index (Phi) is 7.09. The summed E-state index contributed by atoms with van der Waals surface area (Å²) in [6.45, 7) is 6.69. The molecule has 1 aromatic heterocycles. The molecular formula is C25H33FN4O4. The Bertz CT molecular complexity index is 1050. The predicted molar refractivity (Wildman–Crippen MR) is 128 cm³/mol. The SMILES string of the molecule is Cc1cc(NC(=O)Nc2cc([C@@H]3C[C@@H]3C(=O)O)c(F)cc2N(CC(C)C)C2CCCCC2)no1. The average molecular weight is 473 g/mol. The zero-order chi connectivity index (χ0) is 24.4. The van der Waals surface area contributed by atoms with Gasteiger partial charge in [-0.05, 0) is 49.8 Å². The number of carbonyl (C=O) groups is 2. The standard InChI is InChI=1S/C25H33FN4O4/c1-14(2)13-30(16-7-5-4-6-8-16)22-12-20(26)18(17-10-19(17)24(31)32)11-21(22)27-25(33)28-23-9-15(3)34-29-23/h9,11-12,14,16-17,19H,4-8,10,13H2,1-3H3,(H,31,32)(H2,27,28,29,33)/t17-,19-/m0/s1. The van der Waals surface area contributed by atoms with Gasteiger partial charge >= 0.3 is 12.0 Å². The zero-order valence-electron chi connectivity index (χ0n) is 19.9. The van der Waals surface area contributed by atoms with Crippen molar-refractivity contribution in [3.8, 4) is 0 Å². The molecule has 34 heavy (non-hydrogen) atoms. The van der Waals surface area contributed by atoms with Crippen LogP contribution in [-0.2, 0) is 4.79 Å². The second-order valence-electron chi connectivity index (χ2n) is 9.92. The van der Waals surface area contributed by atoms with E-state index in [0.717, 1.165) is 32.2 Å². The summed E-state index contributed by atoms with van der Waals surface area (Å²) in [5.74, 6) is -1.15. The molecule has 0 unspecified atom stereocenters. The summed E-state index contributed by atoms with van der Waals surface area (Å²) < 4.78 is 20.3. The maximum Gasteiger partial charge on any atom is 0.325 e. The van der Waals surface area contributed by atoms with Crippen molar-refractivity contribution in [3.05, 3.63) is 35.3 Å². The Labute approximate surface area is 198 Å². The van der Waals surface area contributed by atoms with Gasteiger partial charge in [0.15, 0.2) is 5.82 Å². The van der Waals surface area contributed by atoms with Gasteiger partial charge < -0.3 is 19.8 Å². The van der Waals surface area contributed by atoms with Gasteiger partial charge in [0, 0.05) is 24.6 Å². The molecule has 0 bridgehead atoms. The van der Waals surface area contributed by atoms with E-state index in [2.05, 4.69) is 34.5 Å². The highest BCUT2D eigenvalue weighted by Crippen LogP contribution is 2.50. The molecule has 2 aliphatic rings. The van der Waals surface area contributed by atoms with Gasteiger partial charge in [0.25, 0.3) is 0 Å². The second kappa shape index (κ2) is 10.0. The molecule has 4 rings (SSSR count). The van der Waals surface area contributed by atoms with Gasteiger partial charge in [-0.25, -0.2) is 9.18 Å². The molecule has 2 atom stereocenters. The molecule has 0 radical (unpaired) electrons. The average Bonchev–Trinajstić information content (AvgIpc) is 3.49. The van der Waals surface area contributed by atoms with E-state index in [4.69, 9.17) is 4.52 Å². The van der Waals surface area contributed by atoms with Gasteiger partial charge in [-0.3, -0.25) is 10.1 Å². The number of carboxylic acids is 1. The zero-order valence-corrected chi connectivity index (χ0v) is 19.9. The molecule has 0 aliphatic heterocycles. The van der Waals surface area contributed by atoms with Crippen molar-refractivity contribution in [2.24, 2.45) is 11.8 Å². The summed E-state index contributed by atoms with van der Waals surface area (Å²) in [6, 6.07) is 4.43. The third-order valence-corrected chi connectivity index (χ3v) is 6.63. The van der Waals surface area contributed by atoms with Gasteiger partial charge in [0.1, 0.15) is 11.6 Å². The third-order valence-electron chi connectivity index (χ3n) is 6.63. The first kappa shape index (κ1) is 24.0. The number of benzene rings is 1. The van der Waals surface area contributed by atoms with Crippen molar-refractivity contribution < 1.29 is 23.6 Å². The molecule has 0 spiro atoms. The van der Waals surface area contributed by atoms with E-state index in [1.54, 1.807) is 19.1 Å². The van der Waals surface area contributed by atoms with E-state index in [9.17, 15) is 14.7 Å². The Hall–Kier alpha value is -3.10. The molecule has 2 amide bonds. The fourth-order valence-electron chi connectivity index (χ4n) is 4.94. The summed E-state index contributed by atoms with van der Waals surface area (Å²) in [5.41, 5.74) is 1.43. The molecule has 8 nitrogen and oxygen atoms in total. The van der Waals surface area contributed by atoms with Crippen LogP contribution < -0.4 is 15.5 Å². The number of amides is 2. The lowest BCUT2D eigenvalue weighted by molar-refractivity contribution is -0.138. The first-order chi connectivity index (χ1) is 16.2. The van der Waals surface area contributed by atoms with Crippen LogP contribution in [0.15, 0.2) is 22.7 Å². The number of carboxylic acid groups (broad SMARTS) is 1. The summed E-state index contributed by atoms with van der Waals surface area (Å²) >= 11 is 0. The summed E-state index contributed by atoms with van der Waals surface area (Å²) in [7, 11) is 0. The largest absolute Gasteiger partial charge is 0.481 e. The van der Waals surface area contributed by atoms with Gasteiger partial charge in [-0.2, -0.15) is 0 Å². The fourth-order valence-corrected chi connectivity index (χ4v) is 4.94. The van der Waals surface area contributed by atoms with Gasteiger partial charge in [0.05, 0.1) is 17.3 Å². The minimum absolute atomic E-state index is 0.260. The van der Waals surface area contributed by atoms with Crippen LogP contribution in [0.25, 0.3) is 0 Å². The Morgan fingerprint density at radius 2 is 1.94 bits per heavy atom. The number of aryl methyl sites for hydroxylation is 1. The molecule has 0 saturated heterocycles. The topological polar surface area (TPSA) is 108 Å². The number of rotatable bonds is 8. The number of urea groups is 1. The maximum atomic E-state index is 15.3. The highest BCUT2D eigenvalue weighted by atomic mass is 19.1. The smallest absolute Gasteiger partial charge is 0.325 e. The number of nitrogens with zero attached hydrogens (tertiary/aromatic N) is 2. The predicted octanol–water partition coefficient (Wildman–Crippen LogP) is 5.75. The van der Waals surface area contributed by atoms with Crippen LogP contribution in [0.5, 0.6) is 0 Å². The van der Waals surface area contributed by atoms with Crippen molar-refractivity contribution in [1.29, 1.82) is 0 Å². The lowest BCUT2D eigenvalue weighted by Gasteiger charge is -2.38. The monoisotopic (exact) mass is 472 g/mol. The lowest BCUT2D eigenvalue weighted by Crippen LogP contribution is -2.40. The van der Waals surface area contributed by atoms with Crippen LogP contribution >= 0.6 is 0 Å². The van der Waals surface area contributed by atoms with Crippen molar-refractivity contribution >= 4 is 29.2 Å². The van der Waals surface area contributed by atoms with Crippen LogP contribution in [0.1, 0.15) is 69.6 Å². The number of aromatic nitrogens is 1. The van der Waals surface area contributed by atoms with E-state index in [-0.39, 0.29) is 17.8 Å². The van der Waals surface area contributed by atoms with E-state index < -0.39 is 23.7 Å². The second-order valence-corrected chi connectivity index (χ2v) is 9.92. The van der Waals surface area contributed by atoms with Crippen molar-refractivity contribution in [1.82, 2.24) is 5.16 Å². The number of anilines is 3. The fraction of sp³-hybridized carbons (Fsp3) is 0.560. The normalized spacial score (nSPS) is 20.3. The number of halogens is 1. The van der Waals surface area contributed by atoms with Crippen molar-refractivity contribution in [2.75, 3.05) is 22.1 Å². The van der Waals surface area contributed by atoms with E-state index in [1.807, 2.05) is 0 Å². The van der Waals surface area contributed by atoms with Crippen LogP contribution in [0, 0.1) is 24.6 Å². The first-order valence-electron chi connectivity index (χ1n) is 12.1. The van der Waals surface area contributed by atoms with Crippen LogP contribution in [0.2, 0.25) is 0 Å². The first-order valence-corrected chi connectivity index (χ1v) is 12.1. The molecule has 9 heteroatoms. The Morgan fingerprint density at radius 1 is 1.21 bits per heavy atom. The molecular weight excluding hydrogens is 439 g/mol. The van der Waals surface area contributed by atoms with Crippen LogP contribution in [-0.4, -0.2) is 34.9 Å². The third kappa shape index (κ3) is 5.51. The molecule has 2 aromatic rings. The highest BCUT2D eigenvalue weighted by Gasteiger charge is 2.46. The van der Waals surface area contributed by atoms with Gasteiger partial charge in [0.2, 0.25) is 0 Å². The lowest BCUT2D eigenvalue weighted by atomic mass is 9.92. The minimum atomic E-state index is -0.925. The van der Waals surface area contributed by atoms with Gasteiger partial charge in [-0.15, -0.1) is 0 Å². The van der Waals surface area contributed by atoms with E-state index in [1.165, 1.54) is 12.5 Å². The molecule has 1 aromatic carbocycles. The molecule has 2 saturated carbocycles. The quantitative estimate of drug-likeness (QED) is 0.452. The minimum Gasteiger partial charge on any atom is -0.481 e. The summed E-state index contributed by atoms with van der Waals surface area (Å²) in [5, 5.41) is 18.6. The van der Waals surface area contributed by atoms with Crippen LogP contribution in [0.4, 0.5) is 26.4 Å². The molecule has 184 valence electrons. The number of aliphatic carboxylic acids is 1. The number of hydrogen-bond acceptors (Lipinski definition) is 5. The maximum absolute atomic E-state index is 15.3. The Morgan fingerprint density at radius 3 is 2.53 bits per heavy atom. The summed E-state index contributed by atoms with van der Waals surface area (Å²) in [6.07, 6.45) is 5.87. The summed E-state index contributed by atoms with van der Waals surface area (Å²) in [4.78, 5) is 26.4. The molecule has 2 aliphatic carbocycles. The number of nitrogens with one attached hydrogen (secondary N) is 2. The molecule has 1 heterocycles. The Balaban J connectivity index is 1.68. The van der Waals surface area contributed by atoms with Crippen molar-refractivity contribution in [3.63, 3.8) is 0 Å². The highest BCUT2D eigenvalue weighted by molar-refractivity contribution is 6.01. The number of hydrogen-bond donors (Lipinski definition) is 3. The van der Waals surface area contributed by atoms with E-state index >= 15 is 4.39 Å².